The predicted molar refractivity (Wildman–Crippen MR) is 118 cm³/mol. The van der Waals surface area contributed by atoms with E-state index in [4.69, 9.17) is 4.74 Å². The molecule has 4 rings (SSSR count). The van der Waals surface area contributed by atoms with Crippen LogP contribution in [0.5, 0.6) is 5.75 Å². The molecule has 0 unspecified atom stereocenters. The summed E-state index contributed by atoms with van der Waals surface area (Å²) >= 11 is 0. The van der Waals surface area contributed by atoms with Crippen LogP contribution < -0.4 is 9.04 Å². The summed E-state index contributed by atoms with van der Waals surface area (Å²) in [6.45, 7) is 8.53. The van der Waals surface area contributed by atoms with E-state index in [1.807, 2.05) is 69.3 Å². The minimum absolute atomic E-state index is 0.121. The maximum absolute atomic E-state index is 13.5. The first-order chi connectivity index (χ1) is 14.3. The van der Waals surface area contributed by atoms with Crippen molar-refractivity contribution in [1.82, 2.24) is 9.78 Å². The molecule has 0 bridgehead atoms. The van der Waals surface area contributed by atoms with Crippen molar-refractivity contribution in [3.05, 3.63) is 71.0 Å². The fraction of sp³-hybridized carbons (Fsp3) is 0.348. The van der Waals surface area contributed by atoms with Crippen molar-refractivity contribution in [2.24, 2.45) is 0 Å². The summed E-state index contributed by atoms with van der Waals surface area (Å²) in [5.74, 6) is 0.818. The van der Waals surface area contributed by atoms with E-state index in [1.54, 1.807) is 11.6 Å². The van der Waals surface area contributed by atoms with E-state index >= 15 is 0 Å². The molecule has 0 atom stereocenters. The van der Waals surface area contributed by atoms with Crippen LogP contribution in [-0.4, -0.2) is 30.8 Å². The molecule has 7 heteroatoms. The molecule has 158 valence electrons. The average Bonchev–Trinajstić information content (AvgIpc) is 3.24. The zero-order valence-electron chi connectivity index (χ0n) is 17.8. The van der Waals surface area contributed by atoms with Crippen LogP contribution in [0.1, 0.15) is 36.4 Å². The number of hydrogen-bond donors (Lipinski definition) is 0. The van der Waals surface area contributed by atoms with Crippen LogP contribution in [0.3, 0.4) is 0 Å². The van der Waals surface area contributed by atoms with E-state index in [1.165, 1.54) is 4.31 Å². The lowest BCUT2D eigenvalue weighted by atomic mass is 10.2. The fourth-order valence-electron chi connectivity index (χ4n) is 3.99. The molecule has 6 nitrogen and oxygen atoms in total. The first-order valence-electron chi connectivity index (χ1n) is 10.2. The minimum Gasteiger partial charge on any atom is -0.491 e. The van der Waals surface area contributed by atoms with Gasteiger partial charge in [0.2, 0.25) is 0 Å². The Hall–Kier alpha value is -2.80. The fourth-order valence-corrected chi connectivity index (χ4v) is 5.88. The van der Waals surface area contributed by atoms with Crippen LogP contribution in [-0.2, 0) is 23.0 Å². The molecular formula is C23H27N3O3S. The number of aryl methyl sites for hydroxylation is 1. The highest BCUT2D eigenvalue weighted by Gasteiger charge is 2.34. The molecule has 0 spiro atoms. The number of benzene rings is 2. The third kappa shape index (κ3) is 3.69. The molecule has 2 aromatic carbocycles. The summed E-state index contributed by atoms with van der Waals surface area (Å²) in [6.07, 6.45) is 0.849. The zero-order valence-corrected chi connectivity index (χ0v) is 18.6. The van der Waals surface area contributed by atoms with Gasteiger partial charge in [0.15, 0.2) is 0 Å². The Kier molecular flexibility index (Phi) is 5.32. The number of anilines is 1. The van der Waals surface area contributed by atoms with Crippen molar-refractivity contribution < 1.29 is 13.2 Å². The molecule has 0 saturated heterocycles. The molecule has 0 saturated carbocycles. The van der Waals surface area contributed by atoms with Gasteiger partial charge in [-0.3, -0.25) is 8.99 Å². The summed E-state index contributed by atoms with van der Waals surface area (Å²) in [5.41, 5.74) is 4.04. The van der Waals surface area contributed by atoms with Crippen molar-refractivity contribution in [1.29, 1.82) is 0 Å². The number of fused-ring (bicyclic) bond motifs is 1. The van der Waals surface area contributed by atoms with Gasteiger partial charge in [-0.1, -0.05) is 30.3 Å². The summed E-state index contributed by atoms with van der Waals surface area (Å²) in [5, 5.41) is 4.55. The molecule has 0 amide bonds. The van der Waals surface area contributed by atoms with E-state index in [9.17, 15) is 8.42 Å². The molecule has 0 N–H and O–H groups in total. The monoisotopic (exact) mass is 425 g/mol. The maximum atomic E-state index is 13.5. The lowest BCUT2D eigenvalue weighted by Gasteiger charge is -2.19. The SMILES string of the molecule is Cc1nn(Cc2ccc(OC(C)C)cc2)c(C)c1S(=O)(=O)N1CCc2ccccc21. The summed E-state index contributed by atoms with van der Waals surface area (Å²) < 4.78 is 36.0. The second-order valence-corrected chi connectivity index (χ2v) is 9.72. The van der Waals surface area contributed by atoms with E-state index in [0.29, 0.717) is 29.4 Å². The molecule has 1 aliphatic heterocycles. The Morgan fingerprint density at radius 2 is 1.77 bits per heavy atom. The molecule has 3 aromatic rings. The van der Waals surface area contributed by atoms with Gasteiger partial charge in [-0.2, -0.15) is 5.10 Å². The molecule has 1 aromatic heterocycles. The van der Waals surface area contributed by atoms with Gasteiger partial charge in [0.1, 0.15) is 10.6 Å². The maximum Gasteiger partial charge on any atom is 0.268 e. The second kappa shape index (κ2) is 7.80. The molecule has 0 aliphatic carbocycles. The van der Waals surface area contributed by atoms with Gasteiger partial charge >= 0.3 is 0 Å². The van der Waals surface area contributed by atoms with Gasteiger partial charge < -0.3 is 4.74 Å². The van der Waals surface area contributed by atoms with Crippen LogP contribution in [0.4, 0.5) is 5.69 Å². The van der Waals surface area contributed by atoms with Crippen LogP contribution in [0.2, 0.25) is 0 Å². The highest BCUT2D eigenvalue weighted by atomic mass is 32.2. The van der Waals surface area contributed by atoms with Crippen molar-refractivity contribution in [2.75, 3.05) is 10.8 Å². The Bertz CT molecular complexity index is 1160. The predicted octanol–water partition coefficient (Wildman–Crippen LogP) is 4.09. The third-order valence-electron chi connectivity index (χ3n) is 5.34. The second-order valence-electron chi connectivity index (χ2n) is 7.92. The Labute approximate surface area is 178 Å². The summed E-state index contributed by atoms with van der Waals surface area (Å²) in [7, 11) is -3.68. The number of nitrogens with zero attached hydrogens (tertiary/aromatic N) is 3. The Morgan fingerprint density at radius 3 is 2.47 bits per heavy atom. The van der Waals surface area contributed by atoms with Gasteiger partial charge in [0.05, 0.1) is 29.7 Å². The van der Waals surface area contributed by atoms with Gasteiger partial charge in [-0.15, -0.1) is 0 Å². The van der Waals surface area contributed by atoms with Gasteiger partial charge in [0.25, 0.3) is 10.0 Å². The van der Waals surface area contributed by atoms with Crippen molar-refractivity contribution in [3.63, 3.8) is 0 Å². The topological polar surface area (TPSA) is 64.4 Å². The van der Waals surface area contributed by atoms with Crippen molar-refractivity contribution >= 4 is 15.7 Å². The van der Waals surface area contributed by atoms with E-state index in [-0.39, 0.29) is 6.10 Å². The molecule has 2 heterocycles. The van der Waals surface area contributed by atoms with E-state index < -0.39 is 10.0 Å². The van der Waals surface area contributed by atoms with Crippen LogP contribution >= 0.6 is 0 Å². The largest absolute Gasteiger partial charge is 0.491 e. The smallest absolute Gasteiger partial charge is 0.268 e. The third-order valence-corrected chi connectivity index (χ3v) is 7.40. The van der Waals surface area contributed by atoms with Crippen LogP contribution in [0, 0.1) is 13.8 Å². The van der Waals surface area contributed by atoms with Gasteiger partial charge in [-0.25, -0.2) is 8.42 Å². The average molecular weight is 426 g/mol. The molecule has 1 aliphatic rings. The first-order valence-corrected chi connectivity index (χ1v) is 11.6. The summed E-state index contributed by atoms with van der Waals surface area (Å²) in [6, 6.07) is 15.5. The standard InChI is InChI=1S/C23H27N3O3S/c1-16(2)29-21-11-9-19(10-12-21)15-25-18(4)23(17(3)24-25)30(27,28)26-14-13-20-7-5-6-8-22(20)26/h5-12,16H,13-15H2,1-4H3. The van der Waals surface area contributed by atoms with Crippen LogP contribution in [0.25, 0.3) is 0 Å². The normalized spacial score (nSPS) is 13.7. The summed E-state index contributed by atoms with van der Waals surface area (Å²) in [4.78, 5) is 0.305. The number of sulfonamides is 1. The van der Waals surface area contributed by atoms with Crippen molar-refractivity contribution in [2.45, 2.75) is 51.7 Å². The van der Waals surface area contributed by atoms with E-state index in [0.717, 1.165) is 29.0 Å². The van der Waals surface area contributed by atoms with Gasteiger partial charge in [-0.05, 0) is 63.4 Å². The minimum atomic E-state index is -3.68. The number of hydrogen-bond acceptors (Lipinski definition) is 4. The molecule has 0 fully saturated rings. The number of aromatic nitrogens is 2. The van der Waals surface area contributed by atoms with Gasteiger partial charge in [0, 0.05) is 6.54 Å². The van der Waals surface area contributed by atoms with Crippen LogP contribution in [0.15, 0.2) is 53.4 Å². The molecule has 30 heavy (non-hydrogen) atoms. The lowest BCUT2D eigenvalue weighted by Crippen LogP contribution is -2.30. The highest BCUT2D eigenvalue weighted by Crippen LogP contribution is 2.34. The zero-order chi connectivity index (χ0) is 21.5. The quantitative estimate of drug-likeness (QED) is 0.597. The Morgan fingerprint density at radius 1 is 1.07 bits per heavy atom. The lowest BCUT2D eigenvalue weighted by molar-refractivity contribution is 0.242. The number of ether oxygens (including phenoxy) is 1. The highest BCUT2D eigenvalue weighted by molar-refractivity contribution is 7.93. The Balaban J connectivity index is 1.63. The van der Waals surface area contributed by atoms with Crippen molar-refractivity contribution in [3.8, 4) is 5.75 Å². The molecule has 0 radical (unpaired) electrons. The number of para-hydroxylation sites is 1. The molecular weight excluding hydrogens is 398 g/mol. The number of rotatable bonds is 6. The van der Waals surface area contributed by atoms with E-state index in [2.05, 4.69) is 5.10 Å². The first kappa shape index (κ1) is 20.5.